The standard InChI is InChI=1S/C17H21ClF2N4O/c1-3-21-17(22-9-12-6-7-24(2)11-12)23-10-13-8-14(18)4-5-15(13)25-16(19)20/h4-8,11,16H,3,9-10H2,1-2H3,(H2,21,22,23). The van der Waals surface area contributed by atoms with Crippen molar-refractivity contribution in [1.29, 1.82) is 0 Å². The number of aliphatic imine (C=N–C) groups is 1. The van der Waals surface area contributed by atoms with Crippen LogP contribution < -0.4 is 15.4 Å². The van der Waals surface area contributed by atoms with Crippen LogP contribution in [0.4, 0.5) is 8.78 Å². The average molecular weight is 371 g/mol. The molecule has 2 aromatic rings. The molecular weight excluding hydrogens is 350 g/mol. The Morgan fingerprint density at radius 1 is 1.32 bits per heavy atom. The first-order chi connectivity index (χ1) is 12.0. The van der Waals surface area contributed by atoms with Gasteiger partial charge < -0.3 is 19.9 Å². The van der Waals surface area contributed by atoms with Gasteiger partial charge in [0.15, 0.2) is 5.96 Å². The number of nitrogens with one attached hydrogen (secondary N) is 2. The highest BCUT2D eigenvalue weighted by Gasteiger charge is 2.11. The third-order valence-corrected chi connectivity index (χ3v) is 3.58. The fraction of sp³-hybridized carbons (Fsp3) is 0.353. The lowest BCUT2D eigenvalue weighted by Crippen LogP contribution is -2.36. The molecule has 0 saturated carbocycles. The largest absolute Gasteiger partial charge is 0.434 e. The maximum atomic E-state index is 12.5. The van der Waals surface area contributed by atoms with Crippen molar-refractivity contribution in [1.82, 2.24) is 15.2 Å². The fourth-order valence-corrected chi connectivity index (χ4v) is 2.44. The van der Waals surface area contributed by atoms with Crippen molar-refractivity contribution in [2.24, 2.45) is 12.0 Å². The summed E-state index contributed by atoms with van der Waals surface area (Å²) >= 11 is 5.95. The lowest BCUT2D eigenvalue weighted by atomic mass is 10.2. The summed E-state index contributed by atoms with van der Waals surface area (Å²) in [6, 6.07) is 6.52. The van der Waals surface area contributed by atoms with Crippen LogP contribution in [0, 0.1) is 0 Å². The number of benzene rings is 1. The maximum Gasteiger partial charge on any atom is 0.387 e. The van der Waals surface area contributed by atoms with Crippen LogP contribution in [0.15, 0.2) is 41.7 Å². The van der Waals surface area contributed by atoms with Gasteiger partial charge in [-0.15, -0.1) is 0 Å². The second kappa shape index (κ2) is 9.27. The summed E-state index contributed by atoms with van der Waals surface area (Å²) < 4.78 is 31.5. The Balaban J connectivity index is 2.06. The van der Waals surface area contributed by atoms with Gasteiger partial charge in [0.25, 0.3) is 0 Å². The SMILES string of the molecule is CCNC(=NCc1ccn(C)c1)NCc1cc(Cl)ccc1OC(F)F. The molecule has 8 heteroatoms. The van der Waals surface area contributed by atoms with E-state index in [2.05, 4.69) is 20.4 Å². The summed E-state index contributed by atoms with van der Waals surface area (Å²) in [7, 11) is 1.94. The number of halogens is 3. The van der Waals surface area contributed by atoms with Gasteiger partial charge in [0.05, 0.1) is 6.54 Å². The summed E-state index contributed by atoms with van der Waals surface area (Å²) in [6.07, 6.45) is 3.93. The Bertz CT molecular complexity index is 718. The number of alkyl halides is 2. The molecule has 0 saturated heterocycles. The van der Waals surface area contributed by atoms with Crippen LogP contribution in [0.25, 0.3) is 0 Å². The molecule has 0 bridgehead atoms. The molecule has 5 nitrogen and oxygen atoms in total. The topological polar surface area (TPSA) is 50.6 Å². The van der Waals surface area contributed by atoms with Gasteiger partial charge in [-0.3, -0.25) is 0 Å². The van der Waals surface area contributed by atoms with Crippen LogP contribution in [-0.2, 0) is 20.1 Å². The molecule has 1 aromatic carbocycles. The molecule has 0 aliphatic rings. The van der Waals surface area contributed by atoms with E-state index in [-0.39, 0.29) is 12.3 Å². The number of nitrogens with zero attached hydrogens (tertiary/aromatic N) is 2. The van der Waals surface area contributed by atoms with Gasteiger partial charge in [-0.05, 0) is 36.8 Å². The molecule has 1 aromatic heterocycles. The molecular formula is C17H21ClF2N4O. The van der Waals surface area contributed by atoms with E-state index in [1.165, 1.54) is 12.1 Å². The first kappa shape index (κ1) is 19.1. The number of aryl methyl sites for hydroxylation is 1. The Morgan fingerprint density at radius 3 is 2.76 bits per heavy atom. The maximum absolute atomic E-state index is 12.5. The predicted molar refractivity (Wildman–Crippen MR) is 95.2 cm³/mol. The quantitative estimate of drug-likeness (QED) is 0.579. The number of hydrogen-bond donors (Lipinski definition) is 2. The summed E-state index contributed by atoms with van der Waals surface area (Å²) in [4.78, 5) is 4.48. The van der Waals surface area contributed by atoms with Gasteiger partial charge >= 0.3 is 6.61 Å². The summed E-state index contributed by atoms with van der Waals surface area (Å²) in [5.41, 5.74) is 1.60. The van der Waals surface area contributed by atoms with E-state index < -0.39 is 6.61 Å². The predicted octanol–water partition coefficient (Wildman–Crippen LogP) is 3.54. The molecule has 0 unspecified atom stereocenters. The molecule has 2 N–H and O–H groups in total. The molecule has 0 amide bonds. The van der Waals surface area contributed by atoms with E-state index >= 15 is 0 Å². The minimum atomic E-state index is -2.89. The fourth-order valence-electron chi connectivity index (χ4n) is 2.24. The van der Waals surface area contributed by atoms with Crippen LogP contribution in [0.3, 0.4) is 0 Å². The zero-order valence-electron chi connectivity index (χ0n) is 14.1. The van der Waals surface area contributed by atoms with Gasteiger partial charge in [-0.25, -0.2) is 4.99 Å². The molecule has 0 aliphatic heterocycles. The van der Waals surface area contributed by atoms with E-state index in [0.29, 0.717) is 29.6 Å². The van der Waals surface area contributed by atoms with Crippen molar-refractivity contribution < 1.29 is 13.5 Å². The average Bonchev–Trinajstić information content (AvgIpc) is 2.97. The van der Waals surface area contributed by atoms with Gasteiger partial charge in [-0.1, -0.05) is 11.6 Å². The molecule has 0 atom stereocenters. The minimum Gasteiger partial charge on any atom is -0.434 e. The van der Waals surface area contributed by atoms with E-state index in [0.717, 1.165) is 5.56 Å². The Labute approximate surface area is 150 Å². The highest BCUT2D eigenvalue weighted by atomic mass is 35.5. The van der Waals surface area contributed by atoms with Crippen LogP contribution in [0.2, 0.25) is 5.02 Å². The second-order valence-electron chi connectivity index (χ2n) is 5.36. The van der Waals surface area contributed by atoms with Gasteiger partial charge in [-0.2, -0.15) is 8.78 Å². The van der Waals surface area contributed by atoms with Crippen LogP contribution in [0.5, 0.6) is 5.75 Å². The molecule has 136 valence electrons. The smallest absolute Gasteiger partial charge is 0.387 e. The lowest BCUT2D eigenvalue weighted by molar-refractivity contribution is -0.0504. The third kappa shape index (κ3) is 6.26. The molecule has 0 spiro atoms. The molecule has 0 aliphatic carbocycles. The van der Waals surface area contributed by atoms with Gasteiger partial charge in [0.2, 0.25) is 0 Å². The van der Waals surface area contributed by atoms with E-state index in [9.17, 15) is 8.78 Å². The van der Waals surface area contributed by atoms with Crippen molar-refractivity contribution >= 4 is 17.6 Å². The minimum absolute atomic E-state index is 0.0887. The monoisotopic (exact) mass is 370 g/mol. The van der Waals surface area contributed by atoms with Gasteiger partial charge in [0.1, 0.15) is 5.75 Å². The molecule has 0 fully saturated rings. The number of rotatable bonds is 7. The van der Waals surface area contributed by atoms with E-state index in [1.807, 2.05) is 37.0 Å². The number of hydrogen-bond acceptors (Lipinski definition) is 2. The summed E-state index contributed by atoms with van der Waals surface area (Å²) in [5.74, 6) is 0.667. The lowest BCUT2D eigenvalue weighted by Gasteiger charge is -2.14. The van der Waals surface area contributed by atoms with Crippen molar-refractivity contribution in [2.75, 3.05) is 6.54 Å². The zero-order chi connectivity index (χ0) is 18.2. The Morgan fingerprint density at radius 2 is 2.12 bits per heavy atom. The molecule has 2 rings (SSSR count). The van der Waals surface area contributed by atoms with Crippen molar-refractivity contribution in [3.05, 3.63) is 52.8 Å². The van der Waals surface area contributed by atoms with Crippen LogP contribution >= 0.6 is 11.6 Å². The van der Waals surface area contributed by atoms with Crippen molar-refractivity contribution in [3.8, 4) is 5.75 Å². The first-order valence-corrected chi connectivity index (χ1v) is 8.22. The number of guanidine groups is 1. The molecule has 25 heavy (non-hydrogen) atoms. The van der Waals surface area contributed by atoms with Gasteiger partial charge in [0, 0.05) is 43.1 Å². The molecule has 1 heterocycles. The van der Waals surface area contributed by atoms with E-state index in [1.54, 1.807) is 6.07 Å². The van der Waals surface area contributed by atoms with Crippen LogP contribution in [-0.4, -0.2) is 23.7 Å². The van der Waals surface area contributed by atoms with Crippen molar-refractivity contribution in [2.45, 2.75) is 26.6 Å². The Kier molecular flexibility index (Phi) is 7.06. The number of aromatic nitrogens is 1. The normalized spacial score (nSPS) is 11.7. The van der Waals surface area contributed by atoms with Crippen LogP contribution in [0.1, 0.15) is 18.1 Å². The zero-order valence-corrected chi connectivity index (χ0v) is 14.9. The molecule has 0 radical (unpaired) electrons. The highest BCUT2D eigenvalue weighted by Crippen LogP contribution is 2.24. The third-order valence-electron chi connectivity index (χ3n) is 3.34. The van der Waals surface area contributed by atoms with E-state index in [4.69, 9.17) is 11.6 Å². The highest BCUT2D eigenvalue weighted by molar-refractivity contribution is 6.30. The summed E-state index contributed by atoms with van der Waals surface area (Å²) in [5, 5.41) is 6.67. The van der Waals surface area contributed by atoms with Crippen molar-refractivity contribution in [3.63, 3.8) is 0 Å². The second-order valence-corrected chi connectivity index (χ2v) is 5.80. The summed E-state index contributed by atoms with van der Waals surface area (Å²) in [6.45, 7) is 0.496. The number of ether oxygens (including phenoxy) is 1. The Hall–Kier alpha value is -2.28. The first-order valence-electron chi connectivity index (χ1n) is 7.84.